The van der Waals surface area contributed by atoms with Gasteiger partial charge in [-0.1, -0.05) is 34.1 Å². The number of hydrogen-bond acceptors (Lipinski definition) is 4. The van der Waals surface area contributed by atoms with Gasteiger partial charge < -0.3 is 14.2 Å². The summed E-state index contributed by atoms with van der Waals surface area (Å²) in [6.45, 7) is 3.02. The zero-order valence-electron chi connectivity index (χ0n) is 10.9. The third-order valence-electron chi connectivity index (χ3n) is 2.17. The van der Waals surface area contributed by atoms with Crippen LogP contribution in [-0.2, 0) is 19.0 Å². The Labute approximate surface area is 148 Å². The van der Waals surface area contributed by atoms with Gasteiger partial charge in [0.1, 0.15) is 0 Å². The van der Waals surface area contributed by atoms with Gasteiger partial charge in [0.05, 0.1) is 10.6 Å². The largest absolute Gasteiger partial charge is 0.462 e. The zero-order valence-corrected chi connectivity index (χ0v) is 17.4. The molecule has 0 aromatic rings. The highest BCUT2D eigenvalue weighted by molar-refractivity contribution is 14.2. The van der Waals surface area contributed by atoms with Crippen LogP contribution in [0.15, 0.2) is 17.7 Å². The molecule has 0 aromatic heterocycles. The van der Waals surface area contributed by atoms with Crippen molar-refractivity contribution in [3.63, 3.8) is 0 Å². The van der Waals surface area contributed by atoms with Gasteiger partial charge in [-0.15, -0.1) is 0 Å². The first kappa shape index (κ1) is 16.7. The lowest BCUT2D eigenvalue weighted by atomic mass is 10.4. The molecule has 4 nitrogen and oxygen atoms in total. The number of allylic oxidation sites excluding steroid dienone is 1. The normalized spacial score (nSPS) is 18.4. The van der Waals surface area contributed by atoms with E-state index in [4.69, 9.17) is 14.2 Å². The number of carbonyl (C=O) groups excluding carboxylic acids is 1. The van der Waals surface area contributed by atoms with Gasteiger partial charge in [0.25, 0.3) is 0 Å². The summed E-state index contributed by atoms with van der Waals surface area (Å²) < 4.78 is 25.7. The molecule has 0 saturated carbocycles. The van der Waals surface area contributed by atoms with Crippen molar-refractivity contribution in [2.45, 2.75) is 19.8 Å². The second-order valence-corrected chi connectivity index (χ2v) is 10.8. The van der Waals surface area contributed by atoms with Crippen molar-refractivity contribution in [1.82, 2.24) is 0 Å². The molecule has 0 atom stereocenters. The maximum absolute atomic E-state index is 11.4. The molecule has 2 rings (SSSR count). The highest BCUT2D eigenvalue weighted by Crippen LogP contribution is 2.37. The Morgan fingerprint density at radius 2 is 2.35 bits per heavy atom. The maximum atomic E-state index is 11.4. The fourth-order valence-electron chi connectivity index (χ4n) is 1.21. The van der Waals surface area contributed by atoms with Gasteiger partial charge >= 0.3 is 5.97 Å². The van der Waals surface area contributed by atoms with E-state index in [0.29, 0.717) is 13.4 Å². The minimum Gasteiger partial charge on any atom is -0.462 e. The second-order valence-electron chi connectivity index (χ2n) is 3.70. The van der Waals surface area contributed by atoms with Gasteiger partial charge in [-0.05, 0) is 62.1 Å². The molecular formula is C13H15I3O4. The second kappa shape index (κ2) is 9.38. The summed E-state index contributed by atoms with van der Waals surface area (Å²) in [5, 5.41) is 0. The van der Waals surface area contributed by atoms with Gasteiger partial charge in [-0.25, -0.2) is 4.79 Å². The molecule has 0 radical (unpaired) electrons. The van der Waals surface area contributed by atoms with Crippen LogP contribution >= 0.6 is 62.2 Å². The molecule has 0 amide bonds. The molecule has 0 bridgehead atoms. The highest BCUT2D eigenvalue weighted by Gasteiger charge is 2.17. The lowest BCUT2D eigenvalue weighted by Crippen LogP contribution is -2.05. The predicted octanol–water partition coefficient (Wildman–Crippen LogP) is 3.68. The number of halogens is 3. The molecule has 0 unspecified atom stereocenters. The zero-order chi connectivity index (χ0) is 14.2. The fraction of sp³-hybridized carbons (Fsp3) is 0.385. The van der Waals surface area contributed by atoms with Crippen LogP contribution in [0.25, 0.3) is 0 Å². The Kier molecular flexibility index (Phi) is 7.84. The third-order valence-corrected chi connectivity index (χ3v) is 11.0. The van der Waals surface area contributed by atoms with E-state index >= 15 is 0 Å². The number of carbonyl (C=O) groups is 1. The summed E-state index contributed by atoms with van der Waals surface area (Å²) >= 11 is -0.735. The average Bonchev–Trinajstić information content (AvgIpc) is 2.91. The van der Waals surface area contributed by atoms with Gasteiger partial charge in [-0.3, -0.25) is 0 Å². The lowest BCUT2D eigenvalue weighted by Gasteiger charge is -2.00. The number of esters is 1. The minimum atomic E-state index is -0.359. The van der Waals surface area contributed by atoms with Crippen molar-refractivity contribution in [3.05, 3.63) is 17.7 Å². The molecule has 0 aliphatic carbocycles. The van der Waals surface area contributed by atoms with Crippen LogP contribution < -0.4 is 0 Å². The molecule has 0 N–H and O–H groups in total. The quantitative estimate of drug-likeness (QED) is 0.260. The lowest BCUT2D eigenvalue weighted by molar-refractivity contribution is -0.134. The van der Waals surface area contributed by atoms with Crippen molar-refractivity contribution in [2.24, 2.45) is 0 Å². The Balaban J connectivity index is 1.79. The molecule has 2 heterocycles. The van der Waals surface area contributed by atoms with Crippen LogP contribution in [0.3, 0.4) is 0 Å². The van der Waals surface area contributed by atoms with Crippen molar-refractivity contribution in [1.29, 1.82) is 0 Å². The topological polar surface area (TPSA) is 44.8 Å². The first-order valence-electron chi connectivity index (χ1n) is 6.06. The summed E-state index contributed by atoms with van der Waals surface area (Å²) in [6, 6.07) is 0. The molecule has 0 fully saturated rings. The number of hydrogen-bond donors (Lipinski definition) is 0. The Morgan fingerprint density at radius 1 is 1.50 bits per heavy atom. The van der Waals surface area contributed by atoms with Crippen LogP contribution in [0, 0.1) is 0 Å². The van der Waals surface area contributed by atoms with Crippen LogP contribution in [0.4, 0.5) is 0 Å². The SMILES string of the molecule is CCCCOC(=O)C=I/C=C/C1=IC2=C(OCO2)I=C1. The van der Waals surface area contributed by atoms with Crippen molar-refractivity contribution in [3.8, 4) is 0 Å². The highest BCUT2D eigenvalue weighted by atomic mass is 127. The van der Waals surface area contributed by atoms with E-state index in [0.717, 1.165) is 20.4 Å². The van der Waals surface area contributed by atoms with Crippen LogP contribution in [0.2, 0.25) is 0 Å². The van der Waals surface area contributed by atoms with Crippen LogP contribution in [-0.4, -0.2) is 30.9 Å². The number of ether oxygens (including phenoxy) is 3. The standard InChI is InChI=1S/C13H15I3O4/c1-2-3-6-18-11(17)8-14-5-4-10-7-15-12-13(16-10)20-9-19-12/h4-5,7-8H,2-3,6,9H2,1H3/b5-4+. The summed E-state index contributed by atoms with van der Waals surface area (Å²) in [7, 11) is 0. The number of unbranched alkanes of at least 4 members (excludes halogenated alkanes) is 1. The molecule has 20 heavy (non-hydrogen) atoms. The maximum Gasteiger partial charge on any atom is 0.336 e. The molecule has 2 aliphatic rings. The molecule has 7 heteroatoms. The third kappa shape index (κ3) is 5.62. The predicted molar refractivity (Wildman–Crippen MR) is 108 cm³/mol. The Hall–Kier alpha value is 0.350. The number of rotatable bonds is 6. The minimum absolute atomic E-state index is 0.158. The van der Waals surface area contributed by atoms with E-state index in [1.807, 2.05) is 0 Å². The first-order chi connectivity index (χ1) is 9.79. The van der Waals surface area contributed by atoms with Gasteiger partial charge in [0.2, 0.25) is 14.3 Å². The van der Waals surface area contributed by atoms with Crippen molar-refractivity contribution in [2.75, 3.05) is 13.4 Å². The van der Waals surface area contributed by atoms with E-state index < -0.39 is 0 Å². The van der Waals surface area contributed by atoms with Crippen molar-refractivity contribution < 1.29 is 19.0 Å². The first-order valence-corrected chi connectivity index (χ1v) is 13.0. The Bertz CT molecular complexity index is 518. The van der Waals surface area contributed by atoms with Gasteiger partial charge in [-0.2, -0.15) is 0 Å². The summed E-state index contributed by atoms with van der Waals surface area (Å²) in [4.78, 5) is 11.4. The van der Waals surface area contributed by atoms with Crippen LogP contribution in [0.1, 0.15) is 19.8 Å². The molecule has 112 valence electrons. The molecule has 0 spiro atoms. The van der Waals surface area contributed by atoms with E-state index in [2.05, 4.69) is 21.1 Å². The van der Waals surface area contributed by atoms with E-state index in [-0.39, 0.29) is 68.2 Å². The average molecular weight is 616 g/mol. The fourth-order valence-corrected chi connectivity index (χ4v) is 9.41. The summed E-state index contributed by atoms with van der Waals surface area (Å²) in [5.74, 6) is -0.173. The van der Waals surface area contributed by atoms with E-state index in [1.54, 1.807) is 4.01 Å². The molecule has 2 aliphatic heterocycles. The molecule has 0 aromatic carbocycles. The smallest absolute Gasteiger partial charge is 0.336 e. The van der Waals surface area contributed by atoms with E-state index in [1.165, 1.54) is 3.51 Å². The molecule has 0 saturated heterocycles. The van der Waals surface area contributed by atoms with Crippen LogP contribution in [0.5, 0.6) is 0 Å². The summed E-state index contributed by atoms with van der Waals surface area (Å²) in [6.07, 6.45) is 4.14. The molecular weight excluding hydrogens is 601 g/mol. The van der Waals surface area contributed by atoms with Gasteiger partial charge in [0.15, 0.2) is 0 Å². The Morgan fingerprint density at radius 3 is 3.20 bits per heavy atom. The van der Waals surface area contributed by atoms with Gasteiger partial charge in [0, 0.05) is 3.51 Å². The van der Waals surface area contributed by atoms with Crippen molar-refractivity contribution >= 4 is 79.7 Å². The monoisotopic (exact) mass is 616 g/mol. The summed E-state index contributed by atoms with van der Waals surface area (Å²) in [5.41, 5.74) is 0. The van der Waals surface area contributed by atoms with E-state index in [9.17, 15) is 4.79 Å².